The lowest BCUT2D eigenvalue weighted by Gasteiger charge is -2.00. The number of nitrogens with one attached hydrogen (secondary N) is 1. The molecular weight excluding hydrogens is 209 g/mol. The number of aliphatic hydroxyl groups is 1. The fourth-order valence-corrected chi connectivity index (χ4v) is 1.11. The van der Waals surface area contributed by atoms with Gasteiger partial charge in [-0.15, -0.1) is 0 Å². The van der Waals surface area contributed by atoms with Crippen molar-refractivity contribution in [1.82, 2.24) is 5.32 Å². The molecule has 0 unspecified atom stereocenters. The van der Waals surface area contributed by atoms with Gasteiger partial charge in [0.15, 0.2) is 0 Å². The Hall–Kier alpha value is -1.86. The third-order valence-electron chi connectivity index (χ3n) is 1.90. The van der Waals surface area contributed by atoms with Crippen molar-refractivity contribution < 1.29 is 14.3 Å². The molecule has 0 fully saturated rings. The molecule has 0 atom stereocenters. The first-order chi connectivity index (χ1) is 7.65. The van der Waals surface area contributed by atoms with Crippen LogP contribution in [0.15, 0.2) is 18.2 Å². The summed E-state index contributed by atoms with van der Waals surface area (Å²) in [7, 11) is 0. The summed E-state index contributed by atoms with van der Waals surface area (Å²) in [6, 6.07) is 4.64. The standard InChI is InChI=1S/C12H12FNO2/c1-9(16)14-7-3-6-10-4-2-5-11(8-15)12(10)13/h2,4-5,15H,7-8H2,1H3,(H,14,16). The van der Waals surface area contributed by atoms with Gasteiger partial charge in [-0.3, -0.25) is 4.79 Å². The topological polar surface area (TPSA) is 49.3 Å². The molecule has 4 heteroatoms. The predicted molar refractivity (Wildman–Crippen MR) is 57.9 cm³/mol. The Morgan fingerprint density at radius 2 is 2.31 bits per heavy atom. The van der Waals surface area contributed by atoms with Gasteiger partial charge < -0.3 is 10.4 Å². The molecule has 0 radical (unpaired) electrons. The second-order valence-electron chi connectivity index (χ2n) is 3.15. The average Bonchev–Trinajstić information content (AvgIpc) is 2.26. The van der Waals surface area contributed by atoms with Crippen molar-refractivity contribution in [3.8, 4) is 11.8 Å². The maximum absolute atomic E-state index is 13.5. The lowest BCUT2D eigenvalue weighted by molar-refractivity contribution is -0.118. The van der Waals surface area contributed by atoms with Gasteiger partial charge in [0.1, 0.15) is 5.82 Å². The van der Waals surface area contributed by atoms with E-state index in [-0.39, 0.29) is 30.2 Å². The van der Waals surface area contributed by atoms with Crippen LogP contribution in [0.25, 0.3) is 0 Å². The van der Waals surface area contributed by atoms with E-state index >= 15 is 0 Å². The van der Waals surface area contributed by atoms with Crippen LogP contribution < -0.4 is 5.32 Å². The molecule has 0 heterocycles. The van der Waals surface area contributed by atoms with Gasteiger partial charge >= 0.3 is 0 Å². The first-order valence-corrected chi connectivity index (χ1v) is 4.76. The molecule has 0 spiro atoms. The van der Waals surface area contributed by atoms with E-state index in [0.717, 1.165) is 0 Å². The van der Waals surface area contributed by atoms with Crippen molar-refractivity contribution in [1.29, 1.82) is 0 Å². The van der Waals surface area contributed by atoms with Crippen LogP contribution in [0, 0.1) is 17.7 Å². The molecule has 0 aliphatic rings. The van der Waals surface area contributed by atoms with Gasteiger partial charge in [0, 0.05) is 12.5 Å². The Labute approximate surface area is 93.3 Å². The first kappa shape index (κ1) is 12.2. The van der Waals surface area contributed by atoms with Crippen molar-refractivity contribution in [3.05, 3.63) is 35.1 Å². The van der Waals surface area contributed by atoms with Gasteiger partial charge in [-0.1, -0.05) is 24.0 Å². The summed E-state index contributed by atoms with van der Waals surface area (Å²) in [6.45, 7) is 1.21. The number of rotatable bonds is 2. The van der Waals surface area contributed by atoms with E-state index in [4.69, 9.17) is 5.11 Å². The molecule has 0 bridgehead atoms. The van der Waals surface area contributed by atoms with Gasteiger partial charge in [-0.2, -0.15) is 0 Å². The molecule has 3 nitrogen and oxygen atoms in total. The van der Waals surface area contributed by atoms with Crippen LogP contribution in [0.3, 0.4) is 0 Å². The summed E-state index contributed by atoms with van der Waals surface area (Å²) in [5.74, 6) is 4.52. The van der Waals surface area contributed by atoms with E-state index in [2.05, 4.69) is 17.2 Å². The molecule has 2 N–H and O–H groups in total. The normalized spacial score (nSPS) is 9.19. The lowest BCUT2D eigenvalue weighted by Crippen LogP contribution is -2.19. The van der Waals surface area contributed by atoms with Crippen LogP contribution in [-0.2, 0) is 11.4 Å². The van der Waals surface area contributed by atoms with E-state index in [9.17, 15) is 9.18 Å². The fraction of sp³-hybridized carbons (Fsp3) is 0.250. The Bertz CT molecular complexity index is 446. The summed E-state index contributed by atoms with van der Waals surface area (Å²) in [5.41, 5.74) is 0.434. The summed E-state index contributed by atoms with van der Waals surface area (Å²) in [5, 5.41) is 11.3. The molecule has 0 aliphatic heterocycles. The van der Waals surface area contributed by atoms with Gasteiger partial charge in [0.2, 0.25) is 5.91 Å². The highest BCUT2D eigenvalue weighted by Crippen LogP contribution is 2.11. The molecule has 0 saturated heterocycles. The van der Waals surface area contributed by atoms with Gasteiger partial charge in [0.25, 0.3) is 0 Å². The van der Waals surface area contributed by atoms with Crippen molar-refractivity contribution in [2.75, 3.05) is 6.54 Å². The Kier molecular flexibility index (Phi) is 4.49. The smallest absolute Gasteiger partial charge is 0.217 e. The number of aliphatic hydroxyl groups excluding tert-OH is 1. The van der Waals surface area contributed by atoms with E-state index in [0.29, 0.717) is 0 Å². The molecule has 0 saturated carbocycles. The molecule has 1 aromatic carbocycles. The largest absolute Gasteiger partial charge is 0.392 e. The summed E-state index contributed by atoms with van der Waals surface area (Å²) < 4.78 is 13.5. The average molecular weight is 221 g/mol. The molecule has 0 aliphatic carbocycles. The van der Waals surface area contributed by atoms with E-state index < -0.39 is 5.82 Å². The Morgan fingerprint density at radius 1 is 1.56 bits per heavy atom. The van der Waals surface area contributed by atoms with Crippen LogP contribution in [0.2, 0.25) is 0 Å². The molecule has 0 aromatic heterocycles. The fourth-order valence-electron chi connectivity index (χ4n) is 1.11. The second-order valence-corrected chi connectivity index (χ2v) is 3.15. The highest BCUT2D eigenvalue weighted by Gasteiger charge is 2.03. The third-order valence-corrected chi connectivity index (χ3v) is 1.90. The molecule has 16 heavy (non-hydrogen) atoms. The predicted octanol–water partition coefficient (Wildman–Crippen LogP) is 0.806. The highest BCUT2D eigenvalue weighted by molar-refractivity contribution is 5.73. The monoisotopic (exact) mass is 221 g/mol. The molecule has 1 aromatic rings. The van der Waals surface area contributed by atoms with Crippen molar-refractivity contribution in [2.24, 2.45) is 0 Å². The molecule has 1 rings (SSSR count). The number of amides is 1. The highest BCUT2D eigenvalue weighted by atomic mass is 19.1. The van der Waals surface area contributed by atoms with Gasteiger partial charge in [0.05, 0.1) is 18.7 Å². The minimum absolute atomic E-state index is 0.179. The van der Waals surface area contributed by atoms with Gasteiger partial charge in [-0.25, -0.2) is 4.39 Å². The van der Waals surface area contributed by atoms with Crippen LogP contribution >= 0.6 is 0 Å². The zero-order valence-corrected chi connectivity index (χ0v) is 8.88. The van der Waals surface area contributed by atoms with Crippen molar-refractivity contribution in [2.45, 2.75) is 13.5 Å². The Morgan fingerprint density at radius 3 is 2.94 bits per heavy atom. The number of carbonyl (C=O) groups excluding carboxylic acids is 1. The number of carbonyl (C=O) groups is 1. The van der Waals surface area contributed by atoms with E-state index in [1.165, 1.54) is 19.1 Å². The number of benzene rings is 1. The second kappa shape index (κ2) is 5.89. The van der Waals surface area contributed by atoms with Crippen molar-refractivity contribution >= 4 is 5.91 Å². The van der Waals surface area contributed by atoms with Gasteiger partial charge in [-0.05, 0) is 6.07 Å². The first-order valence-electron chi connectivity index (χ1n) is 4.76. The summed E-state index contributed by atoms with van der Waals surface area (Å²) in [4.78, 5) is 10.5. The Balaban J connectivity index is 2.77. The molecule has 1 amide bonds. The number of hydrogen-bond donors (Lipinski definition) is 2. The summed E-state index contributed by atoms with van der Waals surface area (Å²) in [6.07, 6.45) is 0. The maximum Gasteiger partial charge on any atom is 0.217 e. The van der Waals surface area contributed by atoms with E-state index in [1.807, 2.05) is 0 Å². The minimum Gasteiger partial charge on any atom is -0.392 e. The zero-order chi connectivity index (χ0) is 12.0. The van der Waals surface area contributed by atoms with Crippen LogP contribution in [-0.4, -0.2) is 17.6 Å². The van der Waals surface area contributed by atoms with E-state index in [1.54, 1.807) is 6.07 Å². The van der Waals surface area contributed by atoms with Crippen LogP contribution in [0.1, 0.15) is 18.1 Å². The molecule has 84 valence electrons. The maximum atomic E-state index is 13.5. The third kappa shape index (κ3) is 3.37. The number of hydrogen-bond acceptors (Lipinski definition) is 2. The summed E-state index contributed by atoms with van der Waals surface area (Å²) >= 11 is 0. The zero-order valence-electron chi connectivity index (χ0n) is 8.88. The molecular formula is C12H12FNO2. The van der Waals surface area contributed by atoms with Crippen molar-refractivity contribution in [3.63, 3.8) is 0 Å². The quantitative estimate of drug-likeness (QED) is 0.726. The SMILES string of the molecule is CC(=O)NCC#Cc1cccc(CO)c1F. The van der Waals surface area contributed by atoms with Crippen LogP contribution in [0.5, 0.6) is 0 Å². The lowest BCUT2D eigenvalue weighted by atomic mass is 10.1. The van der Waals surface area contributed by atoms with Crippen LogP contribution in [0.4, 0.5) is 4.39 Å². The number of halogens is 1. The minimum atomic E-state index is -0.514.